The highest BCUT2D eigenvalue weighted by Gasteiger charge is 2.19. The quantitative estimate of drug-likeness (QED) is 0.458. The Labute approximate surface area is 179 Å². The van der Waals surface area contributed by atoms with Crippen molar-refractivity contribution >= 4 is 33.9 Å². The predicted molar refractivity (Wildman–Crippen MR) is 127 cm³/mol. The van der Waals surface area contributed by atoms with Crippen LogP contribution in [0.1, 0.15) is 39.7 Å². The first-order valence-electron chi connectivity index (χ1n) is 10.4. The number of benzene rings is 2. The van der Waals surface area contributed by atoms with Gasteiger partial charge in [-0.1, -0.05) is 25.1 Å². The SMILES string of the molecule is CCOc1ccc(NC(=S)N(Cc2cn(CC)c3ccccc23)[C@H](C)CC)cc1. The van der Waals surface area contributed by atoms with Crippen molar-refractivity contribution in [3.8, 4) is 5.75 Å². The lowest BCUT2D eigenvalue weighted by atomic mass is 10.1. The van der Waals surface area contributed by atoms with Crippen molar-refractivity contribution in [3.05, 3.63) is 60.3 Å². The number of ether oxygens (including phenoxy) is 1. The van der Waals surface area contributed by atoms with E-state index in [0.29, 0.717) is 12.6 Å². The molecule has 29 heavy (non-hydrogen) atoms. The summed E-state index contributed by atoms with van der Waals surface area (Å²) in [5.74, 6) is 0.870. The third kappa shape index (κ3) is 4.91. The maximum Gasteiger partial charge on any atom is 0.173 e. The maximum atomic E-state index is 5.82. The average molecular weight is 410 g/mol. The molecule has 0 amide bonds. The standard InChI is InChI=1S/C24H31N3OS/c1-5-18(4)27(24(29)25-20-12-14-21(15-13-20)28-7-3)17-19-16-26(6-2)23-11-9-8-10-22(19)23/h8-16,18H,5-7,17H2,1-4H3,(H,25,29)/t18-/m1/s1. The van der Waals surface area contributed by atoms with Gasteiger partial charge in [-0.15, -0.1) is 0 Å². The van der Waals surface area contributed by atoms with Crippen LogP contribution in [-0.4, -0.2) is 27.2 Å². The minimum atomic E-state index is 0.335. The van der Waals surface area contributed by atoms with Gasteiger partial charge < -0.3 is 19.5 Å². The number of nitrogens with one attached hydrogen (secondary N) is 1. The fraction of sp³-hybridized carbons (Fsp3) is 0.375. The summed E-state index contributed by atoms with van der Waals surface area (Å²) in [6, 6.07) is 16.9. The van der Waals surface area contributed by atoms with Gasteiger partial charge in [-0.3, -0.25) is 0 Å². The lowest BCUT2D eigenvalue weighted by Gasteiger charge is -2.31. The first-order chi connectivity index (χ1) is 14.1. The first kappa shape index (κ1) is 21.2. The molecule has 5 heteroatoms. The molecular weight excluding hydrogens is 378 g/mol. The van der Waals surface area contributed by atoms with Crippen LogP contribution in [0.2, 0.25) is 0 Å². The van der Waals surface area contributed by atoms with Gasteiger partial charge in [-0.25, -0.2) is 0 Å². The number of nitrogens with zero attached hydrogens (tertiary/aromatic N) is 2. The van der Waals surface area contributed by atoms with Gasteiger partial charge in [-0.05, 0) is 75.3 Å². The van der Waals surface area contributed by atoms with E-state index in [-0.39, 0.29) is 0 Å². The van der Waals surface area contributed by atoms with Crippen LogP contribution in [-0.2, 0) is 13.1 Å². The molecule has 154 valence electrons. The summed E-state index contributed by atoms with van der Waals surface area (Å²) in [7, 11) is 0. The van der Waals surface area contributed by atoms with Crippen LogP contribution in [0.5, 0.6) is 5.75 Å². The monoisotopic (exact) mass is 409 g/mol. The van der Waals surface area contributed by atoms with Crippen LogP contribution < -0.4 is 10.1 Å². The molecule has 1 atom stereocenters. The normalized spacial score (nSPS) is 12.0. The minimum absolute atomic E-state index is 0.335. The zero-order valence-corrected chi connectivity index (χ0v) is 18.6. The fourth-order valence-corrected chi connectivity index (χ4v) is 3.90. The molecule has 3 rings (SSSR count). The highest BCUT2D eigenvalue weighted by atomic mass is 32.1. The zero-order chi connectivity index (χ0) is 20.8. The minimum Gasteiger partial charge on any atom is -0.494 e. The van der Waals surface area contributed by atoms with Crippen molar-refractivity contribution in [1.82, 2.24) is 9.47 Å². The fourth-order valence-electron chi connectivity index (χ4n) is 3.54. The van der Waals surface area contributed by atoms with E-state index in [1.54, 1.807) is 0 Å². The largest absolute Gasteiger partial charge is 0.494 e. The molecule has 0 unspecified atom stereocenters. The second-order valence-electron chi connectivity index (χ2n) is 7.23. The summed E-state index contributed by atoms with van der Waals surface area (Å²) >= 11 is 5.82. The van der Waals surface area contributed by atoms with Crippen molar-refractivity contribution in [2.75, 3.05) is 11.9 Å². The van der Waals surface area contributed by atoms with Crippen LogP contribution in [0.4, 0.5) is 5.69 Å². The topological polar surface area (TPSA) is 29.4 Å². The van der Waals surface area contributed by atoms with Crippen LogP contribution >= 0.6 is 12.2 Å². The third-order valence-corrected chi connectivity index (χ3v) is 5.69. The molecule has 0 bridgehead atoms. The van der Waals surface area contributed by atoms with E-state index >= 15 is 0 Å². The molecule has 1 aromatic heterocycles. The van der Waals surface area contributed by atoms with Crippen molar-refractivity contribution in [2.45, 2.75) is 53.2 Å². The Balaban J connectivity index is 1.82. The second kappa shape index (κ2) is 9.79. The van der Waals surface area contributed by atoms with E-state index in [9.17, 15) is 0 Å². The van der Waals surface area contributed by atoms with Gasteiger partial charge in [0.05, 0.1) is 6.61 Å². The molecule has 0 saturated heterocycles. The summed E-state index contributed by atoms with van der Waals surface area (Å²) in [5.41, 5.74) is 3.56. The Morgan fingerprint density at radius 3 is 2.48 bits per heavy atom. The highest BCUT2D eigenvalue weighted by Crippen LogP contribution is 2.25. The van der Waals surface area contributed by atoms with Crippen molar-refractivity contribution in [2.24, 2.45) is 0 Å². The van der Waals surface area contributed by atoms with E-state index in [0.717, 1.165) is 36.1 Å². The average Bonchev–Trinajstić information content (AvgIpc) is 3.10. The summed E-state index contributed by atoms with van der Waals surface area (Å²) in [5, 5.41) is 5.46. The van der Waals surface area contributed by atoms with Gasteiger partial charge in [0.1, 0.15) is 5.75 Å². The van der Waals surface area contributed by atoms with Crippen LogP contribution in [0.25, 0.3) is 10.9 Å². The number of para-hydroxylation sites is 1. The molecule has 1 N–H and O–H groups in total. The van der Waals surface area contributed by atoms with Gasteiger partial charge in [0.15, 0.2) is 5.11 Å². The molecular formula is C24H31N3OS. The van der Waals surface area contributed by atoms with Gasteiger partial charge in [0.2, 0.25) is 0 Å². The molecule has 0 aliphatic carbocycles. The van der Waals surface area contributed by atoms with Gasteiger partial charge in [0.25, 0.3) is 0 Å². The Morgan fingerprint density at radius 2 is 1.83 bits per heavy atom. The Kier molecular flexibility index (Phi) is 7.15. The van der Waals surface area contributed by atoms with Crippen LogP contribution in [0.15, 0.2) is 54.7 Å². The van der Waals surface area contributed by atoms with Crippen molar-refractivity contribution < 1.29 is 4.74 Å². The van der Waals surface area contributed by atoms with E-state index in [1.807, 2.05) is 31.2 Å². The number of fused-ring (bicyclic) bond motifs is 1. The molecule has 3 aromatic rings. The molecule has 0 spiro atoms. The number of thiocarbonyl (C=S) groups is 1. The highest BCUT2D eigenvalue weighted by molar-refractivity contribution is 7.80. The van der Waals surface area contributed by atoms with Crippen molar-refractivity contribution in [3.63, 3.8) is 0 Å². The Bertz CT molecular complexity index is 948. The van der Waals surface area contributed by atoms with Gasteiger partial charge in [-0.2, -0.15) is 0 Å². The van der Waals surface area contributed by atoms with Crippen LogP contribution in [0.3, 0.4) is 0 Å². The molecule has 4 nitrogen and oxygen atoms in total. The summed E-state index contributed by atoms with van der Waals surface area (Å²) < 4.78 is 7.84. The number of aromatic nitrogens is 1. The first-order valence-corrected chi connectivity index (χ1v) is 10.8. The molecule has 0 radical (unpaired) electrons. The van der Waals surface area contributed by atoms with Crippen molar-refractivity contribution in [1.29, 1.82) is 0 Å². The molecule has 0 aliphatic heterocycles. The number of aryl methyl sites for hydroxylation is 1. The van der Waals surface area contributed by atoms with E-state index < -0.39 is 0 Å². The Hall–Kier alpha value is -2.53. The second-order valence-corrected chi connectivity index (χ2v) is 7.62. The number of hydrogen-bond acceptors (Lipinski definition) is 2. The van der Waals surface area contributed by atoms with E-state index in [4.69, 9.17) is 17.0 Å². The lowest BCUT2D eigenvalue weighted by Crippen LogP contribution is -2.40. The molecule has 0 aliphatic rings. The molecule has 0 fully saturated rings. The third-order valence-electron chi connectivity index (χ3n) is 5.35. The zero-order valence-electron chi connectivity index (χ0n) is 17.8. The number of hydrogen-bond donors (Lipinski definition) is 1. The maximum absolute atomic E-state index is 5.82. The molecule has 2 aromatic carbocycles. The Morgan fingerprint density at radius 1 is 1.10 bits per heavy atom. The molecule has 0 saturated carbocycles. The summed E-state index contributed by atoms with van der Waals surface area (Å²) in [4.78, 5) is 2.29. The van der Waals surface area contributed by atoms with E-state index in [2.05, 4.69) is 66.0 Å². The molecule has 1 heterocycles. The smallest absolute Gasteiger partial charge is 0.173 e. The number of rotatable bonds is 8. The summed E-state index contributed by atoms with van der Waals surface area (Å²) in [6.07, 6.45) is 3.29. The van der Waals surface area contributed by atoms with Gasteiger partial charge in [0, 0.05) is 41.9 Å². The lowest BCUT2D eigenvalue weighted by molar-refractivity contribution is 0.320. The number of anilines is 1. The predicted octanol–water partition coefficient (Wildman–Crippen LogP) is 6.06. The van der Waals surface area contributed by atoms with E-state index in [1.165, 1.54) is 16.5 Å². The van der Waals surface area contributed by atoms with Crippen LogP contribution in [0, 0.1) is 0 Å². The summed E-state index contributed by atoms with van der Waals surface area (Å²) in [6.45, 7) is 11.0. The van der Waals surface area contributed by atoms with Gasteiger partial charge >= 0.3 is 0 Å².